The molecule has 4 nitrogen and oxygen atoms in total. The summed E-state index contributed by atoms with van der Waals surface area (Å²) in [6.07, 6.45) is 1.26. The van der Waals surface area contributed by atoms with Gasteiger partial charge in [0.25, 0.3) is 0 Å². The van der Waals surface area contributed by atoms with Crippen molar-refractivity contribution < 1.29 is 5.11 Å². The number of nitrogens with zero attached hydrogens (tertiary/aromatic N) is 1. The molecule has 0 aliphatic rings. The number of aliphatic hydroxyl groups excluding tert-OH is 1. The molecule has 0 bridgehead atoms. The van der Waals surface area contributed by atoms with Gasteiger partial charge in [-0.05, 0) is 45.0 Å². The molecule has 0 spiro atoms. The predicted molar refractivity (Wildman–Crippen MR) is 75.5 cm³/mol. The summed E-state index contributed by atoms with van der Waals surface area (Å²) in [6, 6.07) is 7.56. The number of fused-ring (bicyclic) bond motifs is 1. The van der Waals surface area contributed by atoms with Crippen molar-refractivity contribution in [1.82, 2.24) is 4.98 Å². The van der Waals surface area contributed by atoms with E-state index in [9.17, 15) is 5.11 Å². The van der Waals surface area contributed by atoms with Crippen LogP contribution in [0.15, 0.2) is 30.5 Å². The predicted octanol–water partition coefficient (Wildman–Crippen LogP) is 2.39. The molecule has 4 heteroatoms. The molecule has 18 heavy (non-hydrogen) atoms. The van der Waals surface area contributed by atoms with Crippen LogP contribution in [0.5, 0.6) is 0 Å². The molecule has 0 aliphatic heterocycles. The van der Waals surface area contributed by atoms with Crippen LogP contribution in [0.3, 0.4) is 0 Å². The molecular weight excluding hydrogens is 226 g/mol. The molecule has 0 fully saturated rings. The average molecular weight is 245 g/mol. The molecule has 0 aliphatic carbocycles. The molecule has 2 rings (SSSR count). The van der Waals surface area contributed by atoms with Crippen LogP contribution in [0.1, 0.15) is 20.8 Å². The van der Waals surface area contributed by atoms with Crippen molar-refractivity contribution in [2.24, 2.45) is 0 Å². The van der Waals surface area contributed by atoms with Crippen molar-refractivity contribution in [3.8, 4) is 0 Å². The first-order chi connectivity index (χ1) is 8.42. The van der Waals surface area contributed by atoms with Gasteiger partial charge in [-0.2, -0.15) is 0 Å². The summed E-state index contributed by atoms with van der Waals surface area (Å²) in [5.41, 5.74) is 7.91. The first-order valence-electron chi connectivity index (χ1n) is 6.01. The summed E-state index contributed by atoms with van der Waals surface area (Å²) in [7, 11) is 0. The van der Waals surface area contributed by atoms with Gasteiger partial charge in [0.05, 0.1) is 22.8 Å². The number of nitrogens with one attached hydrogen (secondary N) is 1. The Labute approximate surface area is 107 Å². The lowest BCUT2D eigenvalue weighted by Gasteiger charge is -2.31. The molecule has 0 amide bonds. The fraction of sp³-hybridized carbons (Fsp3) is 0.357. The Hall–Kier alpha value is -1.81. The highest BCUT2D eigenvalue weighted by Gasteiger charge is 2.24. The monoisotopic (exact) mass is 245 g/mol. The summed E-state index contributed by atoms with van der Waals surface area (Å²) in [6.45, 7) is 5.66. The number of nitrogen functional groups attached to an aromatic ring is 1. The zero-order chi connectivity index (χ0) is 13.3. The maximum Gasteiger partial charge on any atom is 0.0954 e. The van der Waals surface area contributed by atoms with Gasteiger partial charge < -0.3 is 16.2 Å². The standard InChI is InChI=1S/C14H19N3O/c1-9(18)14(2,3)17-12-7-6-11(15)10-5-4-8-16-13(10)12/h4-9,17-18H,15H2,1-3H3. The summed E-state index contributed by atoms with van der Waals surface area (Å²) < 4.78 is 0. The second-order valence-corrected chi connectivity index (χ2v) is 5.12. The van der Waals surface area contributed by atoms with Crippen molar-refractivity contribution in [3.63, 3.8) is 0 Å². The largest absolute Gasteiger partial charge is 0.398 e. The van der Waals surface area contributed by atoms with Crippen LogP contribution >= 0.6 is 0 Å². The molecule has 1 heterocycles. The highest BCUT2D eigenvalue weighted by molar-refractivity contribution is 5.98. The highest BCUT2D eigenvalue weighted by Crippen LogP contribution is 2.29. The third kappa shape index (κ3) is 2.24. The second kappa shape index (κ2) is 4.46. The summed E-state index contributed by atoms with van der Waals surface area (Å²) in [4.78, 5) is 4.36. The normalized spacial score (nSPS) is 13.6. The maximum absolute atomic E-state index is 9.76. The van der Waals surface area contributed by atoms with Crippen LogP contribution < -0.4 is 11.1 Å². The van der Waals surface area contributed by atoms with E-state index in [4.69, 9.17) is 5.73 Å². The van der Waals surface area contributed by atoms with Gasteiger partial charge in [0.15, 0.2) is 0 Å². The average Bonchev–Trinajstić information content (AvgIpc) is 2.33. The van der Waals surface area contributed by atoms with E-state index in [2.05, 4.69) is 10.3 Å². The van der Waals surface area contributed by atoms with E-state index in [-0.39, 0.29) is 0 Å². The fourth-order valence-electron chi connectivity index (χ4n) is 1.75. The number of aliphatic hydroxyl groups is 1. The third-order valence-corrected chi connectivity index (χ3v) is 3.30. The van der Waals surface area contributed by atoms with E-state index in [0.717, 1.165) is 16.6 Å². The van der Waals surface area contributed by atoms with Crippen molar-refractivity contribution in [2.45, 2.75) is 32.4 Å². The van der Waals surface area contributed by atoms with Gasteiger partial charge in [0.2, 0.25) is 0 Å². The second-order valence-electron chi connectivity index (χ2n) is 5.12. The molecule has 0 saturated carbocycles. The van der Waals surface area contributed by atoms with Gasteiger partial charge in [-0.25, -0.2) is 0 Å². The molecule has 0 saturated heterocycles. The minimum Gasteiger partial charge on any atom is -0.398 e. The van der Waals surface area contributed by atoms with Gasteiger partial charge in [-0.3, -0.25) is 4.98 Å². The molecule has 4 N–H and O–H groups in total. The minimum absolute atomic E-state index is 0.430. The van der Waals surface area contributed by atoms with Crippen LogP contribution in [0.2, 0.25) is 0 Å². The minimum atomic E-state index is -0.478. The van der Waals surface area contributed by atoms with Gasteiger partial charge in [-0.1, -0.05) is 0 Å². The van der Waals surface area contributed by atoms with Crippen LogP contribution in [0.25, 0.3) is 10.9 Å². The molecule has 0 radical (unpaired) electrons. The lowest BCUT2D eigenvalue weighted by molar-refractivity contribution is 0.133. The number of hydrogen-bond donors (Lipinski definition) is 3. The van der Waals surface area contributed by atoms with Crippen LogP contribution in [0.4, 0.5) is 11.4 Å². The summed E-state index contributed by atoms with van der Waals surface area (Å²) in [5.74, 6) is 0. The Morgan fingerprint density at radius 1 is 1.33 bits per heavy atom. The van der Waals surface area contributed by atoms with Gasteiger partial charge in [-0.15, -0.1) is 0 Å². The molecule has 1 aromatic carbocycles. The fourth-order valence-corrected chi connectivity index (χ4v) is 1.75. The number of aromatic nitrogens is 1. The van der Waals surface area contributed by atoms with Crippen LogP contribution in [-0.4, -0.2) is 21.7 Å². The number of benzene rings is 1. The zero-order valence-corrected chi connectivity index (χ0v) is 10.9. The summed E-state index contributed by atoms with van der Waals surface area (Å²) >= 11 is 0. The van der Waals surface area contributed by atoms with E-state index < -0.39 is 11.6 Å². The Kier molecular flexibility index (Phi) is 3.13. The first-order valence-corrected chi connectivity index (χ1v) is 6.01. The topological polar surface area (TPSA) is 71.2 Å². The first kappa shape index (κ1) is 12.6. The Morgan fingerprint density at radius 2 is 2.06 bits per heavy atom. The van der Waals surface area contributed by atoms with E-state index in [1.807, 2.05) is 38.1 Å². The smallest absolute Gasteiger partial charge is 0.0954 e. The van der Waals surface area contributed by atoms with Crippen LogP contribution in [0, 0.1) is 0 Å². The number of nitrogens with two attached hydrogens (primary N) is 1. The lowest BCUT2D eigenvalue weighted by Crippen LogP contribution is -2.41. The number of pyridine rings is 1. The summed E-state index contributed by atoms with van der Waals surface area (Å²) in [5, 5.41) is 14.0. The van der Waals surface area contributed by atoms with Gasteiger partial charge in [0.1, 0.15) is 0 Å². The highest BCUT2D eigenvalue weighted by atomic mass is 16.3. The Morgan fingerprint density at radius 3 is 2.72 bits per heavy atom. The molecule has 1 unspecified atom stereocenters. The lowest BCUT2D eigenvalue weighted by atomic mass is 9.98. The van der Waals surface area contributed by atoms with Crippen molar-refractivity contribution in [2.75, 3.05) is 11.1 Å². The molecule has 96 valence electrons. The number of rotatable bonds is 3. The van der Waals surface area contributed by atoms with Gasteiger partial charge >= 0.3 is 0 Å². The maximum atomic E-state index is 9.76. The zero-order valence-electron chi connectivity index (χ0n) is 10.9. The quantitative estimate of drug-likeness (QED) is 0.726. The van der Waals surface area contributed by atoms with E-state index >= 15 is 0 Å². The van der Waals surface area contributed by atoms with E-state index in [0.29, 0.717) is 5.69 Å². The Balaban J connectivity index is 2.50. The van der Waals surface area contributed by atoms with Crippen molar-refractivity contribution in [3.05, 3.63) is 30.5 Å². The van der Waals surface area contributed by atoms with E-state index in [1.165, 1.54) is 0 Å². The number of anilines is 2. The van der Waals surface area contributed by atoms with Crippen molar-refractivity contribution >= 4 is 22.3 Å². The van der Waals surface area contributed by atoms with Gasteiger partial charge in [0, 0.05) is 17.3 Å². The number of hydrogen-bond acceptors (Lipinski definition) is 4. The molecule has 2 aromatic rings. The van der Waals surface area contributed by atoms with Crippen LogP contribution in [-0.2, 0) is 0 Å². The molecule has 1 aromatic heterocycles. The SMILES string of the molecule is CC(O)C(C)(C)Nc1ccc(N)c2cccnc12. The van der Waals surface area contributed by atoms with Crippen molar-refractivity contribution in [1.29, 1.82) is 0 Å². The Bertz CT molecular complexity index is 564. The molecule has 1 atom stereocenters. The van der Waals surface area contributed by atoms with E-state index in [1.54, 1.807) is 13.1 Å². The molecular formula is C14H19N3O. The third-order valence-electron chi connectivity index (χ3n) is 3.30.